The van der Waals surface area contributed by atoms with E-state index in [0.717, 1.165) is 35.1 Å². The Hall–Kier alpha value is -1.75. The Bertz CT molecular complexity index is 778. The molecule has 2 aromatic rings. The number of hydrogen-bond donors (Lipinski definition) is 3. The van der Waals surface area contributed by atoms with Gasteiger partial charge in [0.2, 0.25) is 0 Å². The number of aryl methyl sites for hydroxylation is 1. The highest BCUT2D eigenvalue weighted by atomic mass is 35.5. The van der Waals surface area contributed by atoms with Gasteiger partial charge in [0.05, 0.1) is 22.2 Å². The maximum atomic E-state index is 12.2. The third-order valence-corrected chi connectivity index (χ3v) is 5.36. The van der Waals surface area contributed by atoms with Gasteiger partial charge in [-0.2, -0.15) is 0 Å². The first kappa shape index (κ1) is 18.1. The molecular formula is C19H20Cl2N2O2. The molecule has 6 heteroatoms. The van der Waals surface area contributed by atoms with E-state index in [0.29, 0.717) is 10.0 Å². The zero-order chi connectivity index (χ0) is 18.0. The Balaban J connectivity index is 1.56. The molecule has 0 saturated carbocycles. The van der Waals surface area contributed by atoms with Crippen molar-refractivity contribution in [2.75, 3.05) is 6.54 Å². The second-order valence-corrected chi connectivity index (χ2v) is 7.09. The minimum Gasteiger partial charge on any atom is -0.387 e. The van der Waals surface area contributed by atoms with Crippen LogP contribution in [0.2, 0.25) is 10.0 Å². The highest BCUT2D eigenvalue weighted by Gasteiger charge is 2.26. The molecule has 2 amide bonds. The zero-order valence-corrected chi connectivity index (χ0v) is 15.4. The van der Waals surface area contributed by atoms with Crippen LogP contribution in [0.5, 0.6) is 0 Å². The second kappa shape index (κ2) is 7.65. The lowest BCUT2D eigenvalue weighted by molar-refractivity contribution is 0.172. The van der Waals surface area contributed by atoms with E-state index >= 15 is 0 Å². The van der Waals surface area contributed by atoms with Gasteiger partial charge in [0.15, 0.2) is 0 Å². The molecule has 3 N–H and O–H groups in total. The van der Waals surface area contributed by atoms with Crippen molar-refractivity contribution in [3.8, 4) is 0 Å². The smallest absolute Gasteiger partial charge is 0.315 e. The van der Waals surface area contributed by atoms with Crippen molar-refractivity contribution in [1.82, 2.24) is 10.6 Å². The summed E-state index contributed by atoms with van der Waals surface area (Å²) in [5, 5.41) is 16.9. The number of carbonyl (C=O) groups excluding carboxylic acids is 1. The van der Waals surface area contributed by atoms with Crippen LogP contribution < -0.4 is 10.6 Å². The zero-order valence-electron chi connectivity index (χ0n) is 13.9. The van der Waals surface area contributed by atoms with E-state index in [1.165, 1.54) is 0 Å². The van der Waals surface area contributed by atoms with Gasteiger partial charge >= 0.3 is 6.03 Å². The summed E-state index contributed by atoms with van der Waals surface area (Å²) in [7, 11) is 0. The summed E-state index contributed by atoms with van der Waals surface area (Å²) in [6.45, 7) is 2.14. The van der Waals surface area contributed by atoms with E-state index in [4.69, 9.17) is 23.2 Å². The fourth-order valence-electron chi connectivity index (χ4n) is 3.09. The molecule has 1 aliphatic carbocycles. The van der Waals surface area contributed by atoms with Crippen molar-refractivity contribution in [1.29, 1.82) is 0 Å². The quantitative estimate of drug-likeness (QED) is 0.741. The average Bonchev–Trinajstić information content (AvgIpc) is 3.00. The number of nitrogens with one attached hydrogen (secondary N) is 2. The Morgan fingerprint density at radius 2 is 1.96 bits per heavy atom. The summed E-state index contributed by atoms with van der Waals surface area (Å²) in [5.74, 6) is 0. The van der Waals surface area contributed by atoms with Crippen molar-refractivity contribution in [2.45, 2.75) is 31.9 Å². The SMILES string of the molecule is Cc1ccc(C(O)CNC(=O)NC2CCc3c2ccc(Cl)c3Cl)cc1. The summed E-state index contributed by atoms with van der Waals surface area (Å²) in [5.41, 5.74) is 3.90. The molecule has 0 bridgehead atoms. The Morgan fingerprint density at radius 1 is 1.24 bits per heavy atom. The number of hydrogen-bond acceptors (Lipinski definition) is 2. The monoisotopic (exact) mass is 378 g/mol. The maximum Gasteiger partial charge on any atom is 0.315 e. The average molecular weight is 379 g/mol. The van der Waals surface area contributed by atoms with Gasteiger partial charge in [-0.15, -0.1) is 0 Å². The fraction of sp³-hybridized carbons (Fsp3) is 0.316. The van der Waals surface area contributed by atoms with Crippen LogP contribution in [0.4, 0.5) is 4.79 Å². The molecule has 3 rings (SSSR count). The van der Waals surface area contributed by atoms with Crippen LogP contribution in [-0.4, -0.2) is 17.7 Å². The van der Waals surface area contributed by atoms with Crippen molar-refractivity contribution < 1.29 is 9.90 Å². The van der Waals surface area contributed by atoms with Gasteiger partial charge in [0.25, 0.3) is 0 Å². The normalized spacial score (nSPS) is 17.0. The van der Waals surface area contributed by atoms with E-state index in [9.17, 15) is 9.90 Å². The molecule has 0 saturated heterocycles. The van der Waals surface area contributed by atoms with E-state index in [2.05, 4.69) is 10.6 Å². The highest BCUT2D eigenvalue weighted by Crippen LogP contribution is 2.38. The van der Waals surface area contributed by atoms with Crippen molar-refractivity contribution in [3.05, 3.63) is 68.7 Å². The lowest BCUT2D eigenvalue weighted by Crippen LogP contribution is -2.39. The summed E-state index contributed by atoms with van der Waals surface area (Å²) in [6.07, 6.45) is 0.824. The number of rotatable bonds is 4. The van der Waals surface area contributed by atoms with Gasteiger partial charge in [-0.3, -0.25) is 0 Å². The standard InChI is InChI=1S/C19H20Cl2N2O2/c1-11-2-4-12(5-3-11)17(24)10-22-19(25)23-16-9-7-14-13(16)6-8-15(20)18(14)21/h2-6,8,16-17,24H,7,9-10H2,1H3,(H2,22,23,25). The molecule has 0 aliphatic heterocycles. The molecule has 132 valence electrons. The third-order valence-electron chi connectivity index (χ3n) is 4.51. The summed E-state index contributed by atoms with van der Waals surface area (Å²) >= 11 is 12.3. The predicted molar refractivity (Wildman–Crippen MR) is 100 cm³/mol. The minimum atomic E-state index is -0.740. The van der Waals surface area contributed by atoms with Crippen LogP contribution >= 0.6 is 23.2 Å². The van der Waals surface area contributed by atoms with Gasteiger partial charge in [-0.05, 0) is 42.5 Å². The largest absolute Gasteiger partial charge is 0.387 e. The molecule has 0 aromatic heterocycles. The van der Waals surface area contributed by atoms with Gasteiger partial charge in [0.1, 0.15) is 0 Å². The third kappa shape index (κ3) is 4.09. The maximum absolute atomic E-state index is 12.2. The van der Waals surface area contributed by atoms with Crippen LogP contribution in [0.15, 0.2) is 36.4 Å². The van der Waals surface area contributed by atoms with Crippen LogP contribution in [0.1, 0.15) is 40.8 Å². The Morgan fingerprint density at radius 3 is 2.68 bits per heavy atom. The molecule has 2 aromatic carbocycles. The lowest BCUT2D eigenvalue weighted by Gasteiger charge is -2.17. The lowest BCUT2D eigenvalue weighted by atomic mass is 10.1. The number of carbonyl (C=O) groups is 1. The van der Waals surface area contributed by atoms with E-state index in [1.54, 1.807) is 6.07 Å². The molecule has 0 radical (unpaired) electrons. The van der Waals surface area contributed by atoms with Gasteiger partial charge in [-0.1, -0.05) is 59.1 Å². The number of aliphatic hydroxyl groups excluding tert-OH is 1. The topological polar surface area (TPSA) is 61.4 Å². The Labute approximate surface area is 157 Å². The van der Waals surface area contributed by atoms with Crippen LogP contribution in [0.25, 0.3) is 0 Å². The molecule has 2 atom stereocenters. The van der Waals surface area contributed by atoms with E-state index in [-0.39, 0.29) is 18.6 Å². The molecule has 4 nitrogen and oxygen atoms in total. The first-order chi connectivity index (χ1) is 12.0. The molecular weight excluding hydrogens is 359 g/mol. The van der Waals surface area contributed by atoms with Gasteiger partial charge in [-0.25, -0.2) is 4.79 Å². The second-order valence-electron chi connectivity index (χ2n) is 6.30. The fourth-order valence-corrected chi connectivity index (χ4v) is 3.53. The van der Waals surface area contributed by atoms with Crippen molar-refractivity contribution in [3.63, 3.8) is 0 Å². The van der Waals surface area contributed by atoms with Crippen molar-refractivity contribution in [2.24, 2.45) is 0 Å². The van der Waals surface area contributed by atoms with E-state index in [1.807, 2.05) is 37.3 Å². The number of urea groups is 1. The van der Waals surface area contributed by atoms with Crippen LogP contribution in [0.3, 0.4) is 0 Å². The highest BCUT2D eigenvalue weighted by molar-refractivity contribution is 6.42. The minimum absolute atomic E-state index is 0.0960. The number of halogens is 2. The number of aliphatic hydroxyl groups is 1. The van der Waals surface area contributed by atoms with E-state index < -0.39 is 6.10 Å². The summed E-state index contributed by atoms with van der Waals surface area (Å²) < 4.78 is 0. The van der Waals surface area contributed by atoms with Gasteiger partial charge < -0.3 is 15.7 Å². The summed E-state index contributed by atoms with van der Waals surface area (Å²) in [6, 6.07) is 10.8. The Kier molecular flexibility index (Phi) is 5.52. The van der Waals surface area contributed by atoms with Crippen LogP contribution in [-0.2, 0) is 6.42 Å². The molecule has 0 fully saturated rings. The first-order valence-corrected chi connectivity index (χ1v) is 8.97. The summed E-state index contributed by atoms with van der Waals surface area (Å²) in [4.78, 5) is 12.2. The molecule has 0 spiro atoms. The number of benzene rings is 2. The van der Waals surface area contributed by atoms with Crippen LogP contribution in [0, 0.1) is 6.92 Å². The first-order valence-electron chi connectivity index (χ1n) is 8.21. The molecule has 0 heterocycles. The van der Waals surface area contributed by atoms with Crippen molar-refractivity contribution >= 4 is 29.2 Å². The number of amides is 2. The molecule has 2 unspecified atom stereocenters. The molecule has 25 heavy (non-hydrogen) atoms. The molecule has 1 aliphatic rings. The van der Waals surface area contributed by atoms with Gasteiger partial charge in [0, 0.05) is 6.54 Å². The predicted octanol–water partition coefficient (Wildman–Crippen LogP) is 4.32. The number of fused-ring (bicyclic) bond motifs is 1.